The Hall–Kier alpha value is -1.30. The lowest BCUT2D eigenvalue weighted by Gasteiger charge is -2.39. The minimum Gasteiger partial charge on any atom is -0.490 e. The van der Waals surface area contributed by atoms with Gasteiger partial charge in [0.2, 0.25) is 0 Å². The molecule has 134 valence electrons. The summed E-state index contributed by atoms with van der Waals surface area (Å²) in [5, 5.41) is 3.61. The predicted molar refractivity (Wildman–Crippen MR) is 100 cm³/mol. The highest BCUT2D eigenvalue weighted by Crippen LogP contribution is 2.31. The van der Waals surface area contributed by atoms with Gasteiger partial charge in [-0.25, -0.2) is 0 Å². The summed E-state index contributed by atoms with van der Waals surface area (Å²) in [5.41, 5.74) is 2.50. The molecule has 1 fully saturated rings. The summed E-state index contributed by atoms with van der Waals surface area (Å²) in [7, 11) is 4.66. The Morgan fingerprint density at radius 1 is 1.08 bits per heavy atom. The van der Waals surface area contributed by atoms with Crippen molar-refractivity contribution >= 4 is 5.69 Å². The maximum atomic E-state index is 5.79. The second-order valence-electron chi connectivity index (χ2n) is 7.78. The van der Waals surface area contributed by atoms with Gasteiger partial charge in [-0.2, -0.15) is 0 Å². The van der Waals surface area contributed by atoms with Crippen LogP contribution in [0.2, 0.25) is 0 Å². The van der Waals surface area contributed by atoms with Crippen LogP contribution in [0.3, 0.4) is 0 Å². The zero-order valence-corrected chi connectivity index (χ0v) is 15.6. The quantitative estimate of drug-likeness (QED) is 0.625. The molecule has 5 nitrogen and oxygen atoms in total. The van der Waals surface area contributed by atoms with Crippen molar-refractivity contribution in [1.29, 1.82) is 0 Å². The van der Waals surface area contributed by atoms with Crippen molar-refractivity contribution in [2.75, 3.05) is 84.5 Å². The molecular formula is C19H33N4O+. The van der Waals surface area contributed by atoms with Crippen molar-refractivity contribution in [3.63, 3.8) is 0 Å². The summed E-state index contributed by atoms with van der Waals surface area (Å²) >= 11 is 0. The van der Waals surface area contributed by atoms with E-state index < -0.39 is 0 Å². The van der Waals surface area contributed by atoms with Gasteiger partial charge >= 0.3 is 0 Å². The molecule has 0 amide bonds. The third-order valence-electron chi connectivity index (χ3n) is 5.28. The van der Waals surface area contributed by atoms with Gasteiger partial charge in [0.05, 0.1) is 39.4 Å². The fourth-order valence-electron chi connectivity index (χ4n) is 3.46. The summed E-state index contributed by atoms with van der Waals surface area (Å²) in [5.74, 6) is 1.04. The van der Waals surface area contributed by atoms with Crippen molar-refractivity contribution in [2.45, 2.75) is 6.92 Å². The Morgan fingerprint density at radius 3 is 2.62 bits per heavy atom. The Balaban J connectivity index is 1.36. The van der Waals surface area contributed by atoms with Crippen LogP contribution in [0.1, 0.15) is 5.56 Å². The molecule has 5 heteroatoms. The lowest BCUT2D eigenvalue weighted by atomic mass is 10.1. The third-order valence-corrected chi connectivity index (χ3v) is 5.28. The molecule has 2 aliphatic heterocycles. The van der Waals surface area contributed by atoms with Gasteiger partial charge in [0, 0.05) is 39.3 Å². The van der Waals surface area contributed by atoms with E-state index in [1.807, 2.05) is 0 Å². The molecule has 1 aromatic carbocycles. The smallest absolute Gasteiger partial charge is 0.142 e. The van der Waals surface area contributed by atoms with Crippen molar-refractivity contribution in [1.82, 2.24) is 10.2 Å². The van der Waals surface area contributed by atoms with Crippen LogP contribution >= 0.6 is 0 Å². The van der Waals surface area contributed by atoms with Crippen LogP contribution in [0.25, 0.3) is 0 Å². The van der Waals surface area contributed by atoms with E-state index in [9.17, 15) is 0 Å². The van der Waals surface area contributed by atoms with Gasteiger partial charge in [0.1, 0.15) is 12.4 Å². The molecule has 1 N–H and O–H groups in total. The molecule has 0 bridgehead atoms. The highest BCUT2D eigenvalue weighted by atomic mass is 16.5. The van der Waals surface area contributed by atoms with Crippen LogP contribution < -0.4 is 15.0 Å². The van der Waals surface area contributed by atoms with Gasteiger partial charge in [0.15, 0.2) is 0 Å². The van der Waals surface area contributed by atoms with Crippen molar-refractivity contribution in [3.8, 4) is 5.75 Å². The highest BCUT2D eigenvalue weighted by Gasteiger charge is 2.23. The normalized spacial score (nSPS) is 20.5. The van der Waals surface area contributed by atoms with Gasteiger partial charge in [-0.3, -0.25) is 4.90 Å². The first-order valence-electron chi connectivity index (χ1n) is 9.27. The molecule has 2 aliphatic rings. The largest absolute Gasteiger partial charge is 0.490 e. The first-order valence-corrected chi connectivity index (χ1v) is 9.27. The SMILES string of the molecule is Cc1ccc2c(c1)OCCN2CCNCCN1CC[N+](C)(C)CC1. The molecule has 0 saturated carbocycles. The number of anilines is 1. The number of nitrogens with one attached hydrogen (secondary N) is 1. The van der Waals surface area contributed by atoms with Crippen LogP contribution in [0.5, 0.6) is 5.75 Å². The van der Waals surface area contributed by atoms with Crippen LogP contribution in [-0.4, -0.2) is 89.0 Å². The zero-order chi connectivity index (χ0) is 17.0. The van der Waals surface area contributed by atoms with E-state index in [1.54, 1.807) is 0 Å². The van der Waals surface area contributed by atoms with Crippen LogP contribution in [0.4, 0.5) is 5.69 Å². The molecule has 1 aromatic rings. The molecule has 0 radical (unpaired) electrons. The second-order valence-corrected chi connectivity index (χ2v) is 7.78. The van der Waals surface area contributed by atoms with Gasteiger partial charge in [-0.15, -0.1) is 0 Å². The number of ether oxygens (including phenoxy) is 1. The first-order chi connectivity index (χ1) is 11.5. The zero-order valence-electron chi connectivity index (χ0n) is 15.6. The minimum atomic E-state index is 0.790. The van der Waals surface area contributed by atoms with Crippen LogP contribution in [0, 0.1) is 6.92 Å². The van der Waals surface area contributed by atoms with E-state index in [-0.39, 0.29) is 0 Å². The maximum Gasteiger partial charge on any atom is 0.142 e. The molecular weight excluding hydrogens is 300 g/mol. The van der Waals surface area contributed by atoms with Gasteiger partial charge in [-0.05, 0) is 24.6 Å². The van der Waals surface area contributed by atoms with E-state index >= 15 is 0 Å². The van der Waals surface area contributed by atoms with Crippen molar-refractivity contribution in [2.24, 2.45) is 0 Å². The lowest BCUT2D eigenvalue weighted by molar-refractivity contribution is -0.894. The molecule has 3 rings (SSSR count). The number of hydrogen-bond acceptors (Lipinski definition) is 4. The van der Waals surface area contributed by atoms with Gasteiger partial charge in [-0.1, -0.05) is 6.07 Å². The molecule has 0 spiro atoms. The average Bonchev–Trinajstić information content (AvgIpc) is 2.55. The van der Waals surface area contributed by atoms with E-state index in [0.717, 1.165) is 38.5 Å². The average molecular weight is 334 g/mol. The number of nitrogens with zero attached hydrogens (tertiary/aromatic N) is 3. The Labute approximate surface area is 146 Å². The molecule has 24 heavy (non-hydrogen) atoms. The third kappa shape index (κ3) is 4.62. The van der Waals surface area contributed by atoms with Gasteiger partial charge < -0.3 is 19.4 Å². The topological polar surface area (TPSA) is 27.7 Å². The number of rotatable bonds is 6. The molecule has 0 aliphatic carbocycles. The Kier molecular flexibility index (Phi) is 5.64. The number of quaternary nitrogens is 1. The lowest BCUT2D eigenvalue weighted by Crippen LogP contribution is -2.55. The standard InChI is InChI=1S/C19H33N4O/c1-17-4-5-18-19(16-17)24-15-12-22(18)9-7-20-6-8-21-10-13-23(2,3)14-11-21/h4-5,16,20H,6-15H2,1-3H3/q+1. The van der Waals surface area contributed by atoms with Crippen molar-refractivity contribution < 1.29 is 9.22 Å². The van der Waals surface area contributed by atoms with Crippen LogP contribution in [0.15, 0.2) is 18.2 Å². The summed E-state index contributed by atoms with van der Waals surface area (Å²) < 4.78 is 6.95. The molecule has 2 heterocycles. The first kappa shape index (κ1) is 17.5. The van der Waals surface area contributed by atoms with Crippen LogP contribution in [-0.2, 0) is 0 Å². The molecule has 1 saturated heterocycles. The summed E-state index contributed by atoms with van der Waals surface area (Å²) in [4.78, 5) is 5.02. The highest BCUT2D eigenvalue weighted by molar-refractivity contribution is 5.61. The Morgan fingerprint density at radius 2 is 1.83 bits per heavy atom. The minimum absolute atomic E-state index is 0.790. The summed E-state index contributed by atoms with van der Waals surface area (Å²) in [6.07, 6.45) is 0. The van der Waals surface area contributed by atoms with E-state index in [0.29, 0.717) is 0 Å². The monoisotopic (exact) mass is 333 g/mol. The molecule has 0 atom stereocenters. The van der Waals surface area contributed by atoms with E-state index in [1.165, 1.54) is 48.5 Å². The number of likely N-dealkylation sites (N-methyl/N-ethyl adjacent to an activating group) is 1. The van der Waals surface area contributed by atoms with Crippen molar-refractivity contribution in [3.05, 3.63) is 23.8 Å². The number of piperazine rings is 1. The predicted octanol–water partition coefficient (Wildman–Crippen LogP) is 1.18. The molecule has 0 unspecified atom stereocenters. The number of hydrogen-bond donors (Lipinski definition) is 1. The summed E-state index contributed by atoms with van der Waals surface area (Å²) in [6.45, 7) is 13.2. The number of benzene rings is 1. The number of fused-ring (bicyclic) bond motifs is 1. The maximum absolute atomic E-state index is 5.79. The van der Waals surface area contributed by atoms with E-state index in [2.05, 4.69) is 54.3 Å². The fraction of sp³-hybridized carbons (Fsp3) is 0.684. The summed E-state index contributed by atoms with van der Waals surface area (Å²) in [6, 6.07) is 6.51. The van der Waals surface area contributed by atoms with Gasteiger partial charge in [0.25, 0.3) is 0 Å². The second kappa shape index (κ2) is 7.72. The fourth-order valence-corrected chi connectivity index (χ4v) is 3.46. The molecule has 0 aromatic heterocycles. The Bertz CT molecular complexity index is 536. The van der Waals surface area contributed by atoms with E-state index in [4.69, 9.17) is 4.74 Å². The number of aryl methyl sites for hydroxylation is 1.